The average molecular weight is 575 g/mol. The Morgan fingerprint density at radius 3 is 1.35 bits per heavy atom. The smallest absolute Gasteiger partial charge is 0.0701 e. The lowest BCUT2D eigenvalue weighted by Crippen LogP contribution is -2.47. The Balaban J connectivity index is 1.73. The molecule has 1 aliphatic rings. The fraction of sp³-hybridized carbons (Fsp3) is 1.00. The Kier molecular flexibility index (Phi) is 27.1. The summed E-state index contributed by atoms with van der Waals surface area (Å²) < 4.78 is 33.8. The van der Waals surface area contributed by atoms with Crippen molar-refractivity contribution < 1.29 is 28.4 Å². The van der Waals surface area contributed by atoms with E-state index >= 15 is 0 Å². The second-order valence-corrected chi connectivity index (χ2v) is 11.5. The fourth-order valence-corrected chi connectivity index (χ4v) is 4.94. The summed E-state index contributed by atoms with van der Waals surface area (Å²) in [4.78, 5) is 5.11. The van der Waals surface area contributed by atoms with Crippen LogP contribution in [0.1, 0.15) is 79.1 Å². The van der Waals surface area contributed by atoms with Crippen LogP contribution in [0, 0.1) is 11.8 Å². The summed E-state index contributed by atoms with van der Waals surface area (Å²) in [5.41, 5.74) is 0. The first-order valence-electron chi connectivity index (χ1n) is 16.6. The molecule has 8 nitrogen and oxygen atoms in total. The van der Waals surface area contributed by atoms with Crippen LogP contribution in [-0.4, -0.2) is 128 Å². The van der Waals surface area contributed by atoms with Crippen LogP contribution in [0.25, 0.3) is 0 Å². The number of hydrogen-bond donors (Lipinski definition) is 0. The van der Waals surface area contributed by atoms with Gasteiger partial charge < -0.3 is 33.3 Å². The number of ether oxygens (including phenoxy) is 6. The normalized spacial score (nSPS) is 15.8. The zero-order valence-electron chi connectivity index (χ0n) is 26.9. The fourth-order valence-electron chi connectivity index (χ4n) is 4.94. The molecule has 40 heavy (non-hydrogen) atoms. The van der Waals surface area contributed by atoms with Crippen LogP contribution in [0.15, 0.2) is 0 Å². The first-order valence-corrected chi connectivity index (χ1v) is 16.6. The van der Waals surface area contributed by atoms with Gasteiger partial charge in [-0.1, -0.05) is 59.8 Å². The van der Waals surface area contributed by atoms with Gasteiger partial charge in [-0.2, -0.15) is 0 Å². The Morgan fingerprint density at radius 1 is 0.450 bits per heavy atom. The molecule has 0 saturated carbocycles. The molecule has 1 heterocycles. The van der Waals surface area contributed by atoms with Crippen molar-refractivity contribution >= 4 is 0 Å². The van der Waals surface area contributed by atoms with Crippen molar-refractivity contribution in [2.75, 3.05) is 119 Å². The van der Waals surface area contributed by atoms with E-state index in [0.717, 1.165) is 44.7 Å². The van der Waals surface area contributed by atoms with Crippen molar-refractivity contribution in [3.8, 4) is 0 Å². The summed E-state index contributed by atoms with van der Waals surface area (Å²) in [7, 11) is 0. The quantitative estimate of drug-likeness (QED) is 0.109. The van der Waals surface area contributed by atoms with Crippen LogP contribution in [0.5, 0.6) is 0 Å². The number of hydrogen-bond acceptors (Lipinski definition) is 8. The largest absolute Gasteiger partial charge is 0.379 e. The first kappa shape index (κ1) is 37.7. The van der Waals surface area contributed by atoms with E-state index in [4.69, 9.17) is 28.4 Å². The van der Waals surface area contributed by atoms with Gasteiger partial charge in [0.2, 0.25) is 0 Å². The molecule has 1 saturated heterocycles. The Labute approximate surface area is 247 Å². The second kappa shape index (κ2) is 28.8. The van der Waals surface area contributed by atoms with Crippen molar-refractivity contribution in [2.24, 2.45) is 11.8 Å². The summed E-state index contributed by atoms with van der Waals surface area (Å²) in [6.45, 7) is 23.8. The Morgan fingerprint density at radius 2 is 0.900 bits per heavy atom. The zero-order valence-corrected chi connectivity index (χ0v) is 26.9. The molecule has 0 aromatic carbocycles. The van der Waals surface area contributed by atoms with Crippen molar-refractivity contribution in [1.82, 2.24) is 9.80 Å². The summed E-state index contributed by atoms with van der Waals surface area (Å²) in [6.07, 6.45) is 10.4. The Hall–Kier alpha value is -0.320. The van der Waals surface area contributed by atoms with Gasteiger partial charge >= 0.3 is 0 Å². The predicted molar refractivity (Wildman–Crippen MR) is 164 cm³/mol. The monoisotopic (exact) mass is 574 g/mol. The molecular formula is C32H66N2O6. The van der Waals surface area contributed by atoms with Gasteiger partial charge in [-0.15, -0.1) is 0 Å². The maximum absolute atomic E-state index is 5.74. The minimum atomic E-state index is 0.574. The van der Waals surface area contributed by atoms with Gasteiger partial charge in [0, 0.05) is 39.3 Å². The van der Waals surface area contributed by atoms with E-state index in [1.807, 2.05) is 0 Å². The zero-order chi connectivity index (χ0) is 28.9. The third-order valence-electron chi connectivity index (χ3n) is 7.47. The molecule has 0 bridgehead atoms. The summed E-state index contributed by atoms with van der Waals surface area (Å²) >= 11 is 0. The molecule has 0 aliphatic carbocycles. The third kappa shape index (κ3) is 24.3. The summed E-state index contributed by atoms with van der Waals surface area (Å²) in [5, 5.41) is 0. The predicted octanol–water partition coefficient (Wildman–Crippen LogP) is 5.14. The summed E-state index contributed by atoms with van der Waals surface area (Å²) in [6, 6.07) is 0. The molecule has 0 radical (unpaired) electrons. The molecular weight excluding hydrogens is 508 g/mol. The van der Waals surface area contributed by atoms with E-state index < -0.39 is 0 Å². The van der Waals surface area contributed by atoms with Gasteiger partial charge in [0.25, 0.3) is 0 Å². The van der Waals surface area contributed by atoms with Crippen LogP contribution in [-0.2, 0) is 28.4 Å². The van der Waals surface area contributed by atoms with E-state index in [1.54, 1.807) is 0 Å². The highest BCUT2D eigenvalue weighted by atomic mass is 16.6. The Bertz CT molecular complexity index is 506. The highest BCUT2D eigenvalue weighted by Gasteiger charge is 2.16. The lowest BCUT2D eigenvalue weighted by atomic mass is 9.94. The second-order valence-electron chi connectivity index (χ2n) is 11.5. The molecule has 1 aliphatic heterocycles. The molecule has 1 rings (SSSR count). The van der Waals surface area contributed by atoms with E-state index in [1.165, 1.54) is 71.0 Å². The number of piperazine rings is 1. The number of unbranched alkanes of at least 4 members (excludes halogenated alkanes) is 1. The van der Waals surface area contributed by atoms with E-state index in [0.29, 0.717) is 66.1 Å². The lowest BCUT2D eigenvalue weighted by Gasteiger charge is -2.34. The van der Waals surface area contributed by atoms with Crippen LogP contribution in [0.4, 0.5) is 0 Å². The minimum Gasteiger partial charge on any atom is -0.379 e. The van der Waals surface area contributed by atoms with Crippen LogP contribution < -0.4 is 0 Å². The molecule has 8 heteroatoms. The van der Waals surface area contributed by atoms with Gasteiger partial charge in [-0.25, -0.2) is 0 Å². The van der Waals surface area contributed by atoms with E-state index in [2.05, 4.69) is 37.5 Å². The van der Waals surface area contributed by atoms with Gasteiger partial charge in [-0.3, -0.25) is 4.90 Å². The van der Waals surface area contributed by atoms with E-state index in [-0.39, 0.29) is 0 Å². The molecule has 240 valence electrons. The van der Waals surface area contributed by atoms with Crippen LogP contribution >= 0.6 is 0 Å². The van der Waals surface area contributed by atoms with E-state index in [9.17, 15) is 0 Å². The minimum absolute atomic E-state index is 0.574. The van der Waals surface area contributed by atoms with Crippen molar-refractivity contribution in [3.63, 3.8) is 0 Å². The highest BCUT2D eigenvalue weighted by Crippen LogP contribution is 2.18. The molecule has 0 amide bonds. The van der Waals surface area contributed by atoms with Gasteiger partial charge in [-0.05, 0) is 37.6 Å². The van der Waals surface area contributed by atoms with Crippen LogP contribution in [0.3, 0.4) is 0 Å². The average Bonchev–Trinajstić information content (AvgIpc) is 2.95. The van der Waals surface area contributed by atoms with Crippen molar-refractivity contribution in [2.45, 2.75) is 79.1 Å². The van der Waals surface area contributed by atoms with Gasteiger partial charge in [0.1, 0.15) is 0 Å². The molecule has 0 N–H and O–H groups in total. The standard InChI is InChI=1S/C32H66N2O6/c1-5-7-11-32(9-6-2)12-19-35-21-23-37-25-27-39-29-30-40-28-26-38-24-22-36-20-18-34-16-14-33(15-17-34)13-8-10-31(3)4/h31-32H,5-30H2,1-4H3. The van der Waals surface area contributed by atoms with Crippen molar-refractivity contribution in [3.05, 3.63) is 0 Å². The molecule has 0 aromatic heterocycles. The molecule has 1 fully saturated rings. The topological polar surface area (TPSA) is 61.9 Å². The first-order chi connectivity index (χ1) is 19.7. The third-order valence-corrected chi connectivity index (χ3v) is 7.47. The summed E-state index contributed by atoms with van der Waals surface area (Å²) in [5.74, 6) is 1.63. The molecule has 1 atom stereocenters. The SMILES string of the molecule is CCCCC(CCC)CCOCCOCCOCCOCCOCCOCCN1CCN(CCCC(C)C)CC1. The molecule has 0 aromatic rings. The molecule has 1 unspecified atom stereocenters. The maximum atomic E-state index is 5.74. The highest BCUT2D eigenvalue weighted by molar-refractivity contribution is 4.71. The van der Waals surface area contributed by atoms with Gasteiger partial charge in [0.05, 0.1) is 72.7 Å². The van der Waals surface area contributed by atoms with Crippen molar-refractivity contribution in [1.29, 1.82) is 0 Å². The number of rotatable bonds is 30. The maximum Gasteiger partial charge on any atom is 0.0701 e. The van der Waals surface area contributed by atoms with Gasteiger partial charge in [0.15, 0.2) is 0 Å². The number of nitrogens with zero attached hydrogens (tertiary/aromatic N) is 2. The lowest BCUT2D eigenvalue weighted by molar-refractivity contribution is -0.0184. The molecule has 0 spiro atoms. The van der Waals surface area contributed by atoms with Crippen LogP contribution in [0.2, 0.25) is 0 Å².